The quantitative estimate of drug-likeness (QED) is 0.0222. The number of rotatable bonds is 74. The van der Waals surface area contributed by atoms with Crippen molar-refractivity contribution in [2.75, 3.05) is 39.6 Å². The molecule has 96 heavy (non-hydrogen) atoms. The fourth-order valence-corrected chi connectivity index (χ4v) is 13.3. The highest BCUT2D eigenvalue weighted by atomic mass is 31.2. The van der Waals surface area contributed by atoms with E-state index in [2.05, 4.69) is 55.4 Å². The molecule has 0 amide bonds. The number of unbranched alkanes of at least 4 members (excludes halogenated alkanes) is 40. The van der Waals surface area contributed by atoms with E-state index < -0.39 is 97.5 Å². The van der Waals surface area contributed by atoms with Crippen molar-refractivity contribution < 1.29 is 80.2 Å². The maximum absolute atomic E-state index is 13.1. The highest BCUT2D eigenvalue weighted by Crippen LogP contribution is 2.45. The molecular weight excluding hydrogens is 1260 g/mol. The maximum Gasteiger partial charge on any atom is 0.472 e. The lowest BCUT2D eigenvalue weighted by atomic mass is 10.0. The van der Waals surface area contributed by atoms with Gasteiger partial charge >= 0.3 is 39.5 Å². The molecule has 0 heterocycles. The number of ether oxygens (including phenoxy) is 4. The van der Waals surface area contributed by atoms with Crippen molar-refractivity contribution >= 4 is 39.5 Å². The number of hydrogen-bond acceptors (Lipinski definition) is 15. The Balaban J connectivity index is 5.24. The van der Waals surface area contributed by atoms with E-state index in [0.717, 1.165) is 114 Å². The SMILES string of the molecule is CC(C)CCCCCCCCCCCCCCCCC(=O)OC[C@H](COP(=O)(O)OCC(O)COP(=O)(O)OC[C@@H](COC(=O)CCCCCCCCCCC(C)C)OC(=O)CCCCCCCCCCC(C)C)OC(=O)CCCCCCCCCCCCCCCCC(C)C. The van der Waals surface area contributed by atoms with Crippen molar-refractivity contribution in [3.05, 3.63) is 0 Å². The van der Waals surface area contributed by atoms with Gasteiger partial charge in [-0.05, 0) is 49.4 Å². The highest BCUT2D eigenvalue weighted by Gasteiger charge is 2.30. The van der Waals surface area contributed by atoms with Crippen LogP contribution >= 0.6 is 15.6 Å². The minimum Gasteiger partial charge on any atom is -0.462 e. The van der Waals surface area contributed by atoms with Crippen LogP contribution in [0.4, 0.5) is 0 Å². The van der Waals surface area contributed by atoms with E-state index in [9.17, 15) is 43.2 Å². The Bertz CT molecular complexity index is 1880. The summed E-state index contributed by atoms with van der Waals surface area (Å²) in [5, 5.41) is 10.6. The molecule has 0 fully saturated rings. The van der Waals surface area contributed by atoms with E-state index in [1.165, 1.54) is 193 Å². The van der Waals surface area contributed by atoms with Gasteiger partial charge in [0.1, 0.15) is 19.3 Å². The molecule has 5 atom stereocenters. The summed E-state index contributed by atoms with van der Waals surface area (Å²) in [6.07, 6.45) is 51.4. The van der Waals surface area contributed by atoms with Crippen LogP contribution in [0.5, 0.6) is 0 Å². The van der Waals surface area contributed by atoms with E-state index in [1.807, 2.05) is 0 Å². The van der Waals surface area contributed by atoms with Gasteiger partial charge < -0.3 is 33.8 Å². The average Bonchev–Trinajstić information content (AvgIpc) is 1.15. The van der Waals surface area contributed by atoms with Gasteiger partial charge in [-0.1, -0.05) is 338 Å². The summed E-state index contributed by atoms with van der Waals surface area (Å²) < 4.78 is 68.5. The number of carbonyl (C=O) groups excluding carboxylic acids is 4. The second-order valence-corrected chi connectivity index (χ2v) is 32.6. The van der Waals surface area contributed by atoms with Crippen molar-refractivity contribution in [1.29, 1.82) is 0 Å². The lowest BCUT2D eigenvalue weighted by Crippen LogP contribution is -2.30. The van der Waals surface area contributed by atoms with Crippen LogP contribution < -0.4 is 0 Å². The van der Waals surface area contributed by atoms with Crippen molar-refractivity contribution in [3.8, 4) is 0 Å². The summed E-state index contributed by atoms with van der Waals surface area (Å²) in [7, 11) is -9.91. The standard InChI is InChI=1S/C77H150O17P2/c1-67(2)53-45-37-29-21-17-13-9-11-15-19-23-33-41-49-57-74(79)87-63-72(93-76(81)59-51-43-35-24-20-16-12-10-14-18-22-30-38-46-54-68(3)4)65-91-95(83,84)89-61-71(78)62-90-96(85,86)92-66-73(94-77(82)60-52-44-36-28-26-32-40-48-56-70(7)8)64-88-75(80)58-50-42-34-27-25-31-39-47-55-69(5)6/h67-73,78H,9-66H2,1-8H3,(H,83,84)(H,85,86)/t71?,72-,73-/m1/s1. The molecule has 3 N–H and O–H groups in total. The molecule has 0 aliphatic rings. The van der Waals surface area contributed by atoms with Crippen molar-refractivity contribution in [3.63, 3.8) is 0 Å². The summed E-state index contributed by atoms with van der Waals surface area (Å²) in [6, 6.07) is 0. The van der Waals surface area contributed by atoms with Crippen molar-refractivity contribution in [2.24, 2.45) is 23.7 Å². The monoisotopic (exact) mass is 1410 g/mol. The molecule has 0 aromatic carbocycles. The predicted octanol–water partition coefficient (Wildman–Crippen LogP) is 22.4. The summed E-state index contributed by atoms with van der Waals surface area (Å²) in [4.78, 5) is 72.8. The fraction of sp³-hybridized carbons (Fsp3) is 0.948. The first-order valence-electron chi connectivity index (χ1n) is 39.7. The first-order valence-corrected chi connectivity index (χ1v) is 42.7. The topological polar surface area (TPSA) is 237 Å². The molecule has 17 nitrogen and oxygen atoms in total. The van der Waals surface area contributed by atoms with Crippen LogP contribution in [0.15, 0.2) is 0 Å². The molecule has 0 bridgehead atoms. The number of phosphoric acid groups is 2. The number of hydrogen-bond donors (Lipinski definition) is 3. The van der Waals surface area contributed by atoms with Crippen LogP contribution in [0.1, 0.15) is 389 Å². The third-order valence-electron chi connectivity index (χ3n) is 17.8. The molecule has 0 aliphatic heterocycles. The summed E-state index contributed by atoms with van der Waals surface area (Å²) in [5.74, 6) is 0.918. The number of carbonyl (C=O) groups is 4. The van der Waals surface area contributed by atoms with Crippen molar-refractivity contribution in [1.82, 2.24) is 0 Å². The molecule has 0 saturated carbocycles. The van der Waals surface area contributed by atoms with Gasteiger partial charge in [0.2, 0.25) is 0 Å². The van der Waals surface area contributed by atoms with Gasteiger partial charge in [0.25, 0.3) is 0 Å². The molecule has 3 unspecified atom stereocenters. The second kappa shape index (κ2) is 66.3. The van der Waals surface area contributed by atoms with Crippen LogP contribution in [-0.2, 0) is 65.4 Å². The van der Waals surface area contributed by atoms with E-state index in [1.54, 1.807) is 0 Å². The summed E-state index contributed by atoms with van der Waals surface area (Å²) in [6.45, 7) is 14.2. The molecular formula is C77H150O17P2. The van der Waals surface area contributed by atoms with E-state index in [-0.39, 0.29) is 25.7 Å². The third-order valence-corrected chi connectivity index (χ3v) is 19.7. The smallest absolute Gasteiger partial charge is 0.462 e. The minimum absolute atomic E-state index is 0.104. The van der Waals surface area contributed by atoms with Gasteiger partial charge in [0, 0.05) is 25.7 Å². The Morgan fingerprint density at radius 2 is 0.438 bits per heavy atom. The Hall–Kier alpha value is -1.94. The van der Waals surface area contributed by atoms with Crippen LogP contribution in [0, 0.1) is 23.7 Å². The molecule has 0 radical (unpaired) electrons. The predicted molar refractivity (Wildman–Crippen MR) is 391 cm³/mol. The molecule has 0 saturated heterocycles. The van der Waals surface area contributed by atoms with Gasteiger partial charge in [0.15, 0.2) is 12.2 Å². The lowest BCUT2D eigenvalue weighted by Gasteiger charge is -2.21. The Morgan fingerprint density at radius 3 is 0.646 bits per heavy atom. The average molecular weight is 1410 g/mol. The maximum atomic E-state index is 13.1. The molecule has 0 rings (SSSR count). The molecule has 570 valence electrons. The second-order valence-electron chi connectivity index (χ2n) is 29.7. The number of aliphatic hydroxyl groups is 1. The normalized spacial score (nSPS) is 14.1. The van der Waals surface area contributed by atoms with Gasteiger partial charge in [0.05, 0.1) is 26.4 Å². The van der Waals surface area contributed by atoms with E-state index in [4.69, 9.17) is 37.0 Å². The van der Waals surface area contributed by atoms with Gasteiger partial charge in [-0.2, -0.15) is 0 Å². The number of aliphatic hydroxyl groups excluding tert-OH is 1. The summed E-state index contributed by atoms with van der Waals surface area (Å²) in [5.41, 5.74) is 0. The fourth-order valence-electron chi connectivity index (χ4n) is 11.7. The zero-order chi connectivity index (χ0) is 71.0. The minimum atomic E-state index is -4.96. The first-order chi connectivity index (χ1) is 46.1. The van der Waals surface area contributed by atoms with E-state index >= 15 is 0 Å². The molecule has 0 spiro atoms. The first kappa shape index (κ1) is 94.1. The molecule has 19 heteroatoms. The largest absolute Gasteiger partial charge is 0.472 e. The third kappa shape index (κ3) is 70.5. The Kier molecular flexibility index (Phi) is 65.0. The number of esters is 4. The molecule has 0 aromatic heterocycles. The number of phosphoric ester groups is 2. The van der Waals surface area contributed by atoms with Gasteiger partial charge in [-0.3, -0.25) is 37.3 Å². The Labute approximate surface area is 588 Å². The molecule has 0 aliphatic carbocycles. The van der Waals surface area contributed by atoms with Crippen LogP contribution in [-0.4, -0.2) is 96.7 Å². The lowest BCUT2D eigenvalue weighted by molar-refractivity contribution is -0.161. The van der Waals surface area contributed by atoms with Gasteiger partial charge in [-0.15, -0.1) is 0 Å². The van der Waals surface area contributed by atoms with Gasteiger partial charge in [-0.25, -0.2) is 9.13 Å². The molecule has 0 aromatic rings. The Morgan fingerprint density at radius 1 is 0.260 bits per heavy atom. The van der Waals surface area contributed by atoms with Crippen LogP contribution in [0.3, 0.4) is 0 Å². The van der Waals surface area contributed by atoms with Crippen LogP contribution in [0.25, 0.3) is 0 Å². The van der Waals surface area contributed by atoms with Crippen LogP contribution in [0.2, 0.25) is 0 Å². The van der Waals surface area contributed by atoms with E-state index in [0.29, 0.717) is 25.7 Å². The van der Waals surface area contributed by atoms with Crippen molar-refractivity contribution in [2.45, 2.75) is 408 Å². The zero-order valence-electron chi connectivity index (χ0n) is 63.0. The summed E-state index contributed by atoms with van der Waals surface area (Å²) >= 11 is 0. The highest BCUT2D eigenvalue weighted by molar-refractivity contribution is 7.47. The zero-order valence-corrected chi connectivity index (χ0v) is 64.8.